The molecular weight excluding hydrogens is 347 g/mol. The van der Waals surface area contributed by atoms with E-state index in [2.05, 4.69) is 15.3 Å². The van der Waals surface area contributed by atoms with Crippen LogP contribution in [-0.4, -0.2) is 33.7 Å². The average Bonchev–Trinajstić information content (AvgIpc) is 3.33. The Bertz CT molecular complexity index is 1060. The fourth-order valence-electron chi connectivity index (χ4n) is 3.50. The number of alkyl halides is 1. The SMILES string of the molecule is COc1ncc(C)cc1-c1c(C)c2cnc(NC(=O)[C@@H]3C[C@@H]3F)cc2n1C. The van der Waals surface area contributed by atoms with E-state index in [1.807, 2.05) is 37.6 Å². The van der Waals surface area contributed by atoms with Gasteiger partial charge in [-0.3, -0.25) is 4.79 Å². The summed E-state index contributed by atoms with van der Waals surface area (Å²) >= 11 is 0. The van der Waals surface area contributed by atoms with Crippen LogP contribution in [0.2, 0.25) is 0 Å². The molecule has 0 bridgehead atoms. The molecule has 27 heavy (non-hydrogen) atoms. The minimum atomic E-state index is -1.03. The first kappa shape index (κ1) is 17.5. The number of nitrogens with one attached hydrogen (secondary N) is 1. The summed E-state index contributed by atoms with van der Waals surface area (Å²) in [6.45, 7) is 4.01. The van der Waals surface area contributed by atoms with Crippen molar-refractivity contribution in [2.75, 3.05) is 12.4 Å². The number of anilines is 1. The number of aromatic nitrogens is 3. The van der Waals surface area contributed by atoms with Crippen molar-refractivity contribution >= 4 is 22.6 Å². The highest BCUT2D eigenvalue weighted by molar-refractivity contribution is 5.97. The summed E-state index contributed by atoms with van der Waals surface area (Å²) in [4.78, 5) is 20.7. The lowest BCUT2D eigenvalue weighted by Crippen LogP contribution is -2.15. The van der Waals surface area contributed by atoms with Crippen molar-refractivity contribution in [3.63, 3.8) is 0 Å². The zero-order valence-electron chi connectivity index (χ0n) is 15.7. The van der Waals surface area contributed by atoms with E-state index in [0.717, 1.165) is 33.3 Å². The van der Waals surface area contributed by atoms with Gasteiger partial charge in [-0.15, -0.1) is 0 Å². The lowest BCUT2D eigenvalue weighted by atomic mass is 10.1. The number of halogens is 1. The zero-order chi connectivity index (χ0) is 19.3. The lowest BCUT2D eigenvalue weighted by molar-refractivity contribution is -0.117. The van der Waals surface area contributed by atoms with E-state index in [1.165, 1.54) is 0 Å². The zero-order valence-corrected chi connectivity index (χ0v) is 15.7. The highest BCUT2D eigenvalue weighted by Crippen LogP contribution is 2.38. The molecule has 0 aromatic carbocycles. The van der Waals surface area contributed by atoms with Crippen LogP contribution in [0.5, 0.6) is 5.88 Å². The Morgan fingerprint density at radius 2 is 2.04 bits per heavy atom. The van der Waals surface area contributed by atoms with Gasteiger partial charge in [0, 0.05) is 30.9 Å². The van der Waals surface area contributed by atoms with E-state index in [4.69, 9.17) is 4.74 Å². The minimum Gasteiger partial charge on any atom is -0.481 e. The lowest BCUT2D eigenvalue weighted by Gasteiger charge is -2.11. The first-order valence-corrected chi connectivity index (χ1v) is 8.81. The molecule has 0 spiro atoms. The molecule has 0 aliphatic heterocycles. The van der Waals surface area contributed by atoms with Crippen LogP contribution in [0.1, 0.15) is 17.5 Å². The monoisotopic (exact) mass is 368 g/mol. The second-order valence-corrected chi connectivity index (χ2v) is 7.04. The predicted molar refractivity (Wildman–Crippen MR) is 102 cm³/mol. The summed E-state index contributed by atoms with van der Waals surface area (Å²) in [5, 5.41) is 3.69. The van der Waals surface area contributed by atoms with Gasteiger partial charge in [0.05, 0.1) is 29.8 Å². The molecule has 0 saturated heterocycles. The second-order valence-electron chi connectivity index (χ2n) is 7.04. The largest absolute Gasteiger partial charge is 0.481 e. The van der Waals surface area contributed by atoms with Gasteiger partial charge in [-0.1, -0.05) is 0 Å². The van der Waals surface area contributed by atoms with Crippen molar-refractivity contribution in [1.82, 2.24) is 14.5 Å². The highest BCUT2D eigenvalue weighted by atomic mass is 19.1. The standard InChI is InChI=1S/C20H21FN4O2/c1-10-5-13(20(27-4)23-8-10)18-11(2)14-9-22-17(7-16(14)25(18)3)24-19(26)12-6-15(12)21/h5,7-9,12,15H,6H2,1-4H3,(H,22,24,26)/t12-,15+/m1/s1. The number of carbonyl (C=O) groups is 1. The number of rotatable bonds is 4. The third-order valence-electron chi connectivity index (χ3n) is 5.08. The molecule has 0 unspecified atom stereocenters. The summed E-state index contributed by atoms with van der Waals surface area (Å²) < 4.78 is 20.6. The van der Waals surface area contributed by atoms with Gasteiger partial charge in [-0.2, -0.15) is 0 Å². The van der Waals surface area contributed by atoms with Crippen molar-refractivity contribution < 1.29 is 13.9 Å². The van der Waals surface area contributed by atoms with Gasteiger partial charge in [0.25, 0.3) is 0 Å². The molecule has 6 nitrogen and oxygen atoms in total. The van der Waals surface area contributed by atoms with E-state index in [0.29, 0.717) is 18.1 Å². The van der Waals surface area contributed by atoms with Crippen LogP contribution in [0.4, 0.5) is 10.2 Å². The Hall–Kier alpha value is -2.96. The number of ether oxygens (including phenoxy) is 1. The molecule has 7 heteroatoms. The number of carbonyl (C=O) groups excluding carboxylic acids is 1. The van der Waals surface area contributed by atoms with Gasteiger partial charge >= 0.3 is 0 Å². The number of amides is 1. The first-order valence-electron chi connectivity index (χ1n) is 8.81. The van der Waals surface area contributed by atoms with E-state index in [1.54, 1.807) is 19.5 Å². The van der Waals surface area contributed by atoms with Crippen LogP contribution in [-0.2, 0) is 11.8 Å². The Morgan fingerprint density at radius 3 is 2.70 bits per heavy atom. The average molecular weight is 368 g/mol. The van der Waals surface area contributed by atoms with Crippen LogP contribution in [0.3, 0.4) is 0 Å². The maximum atomic E-state index is 13.1. The minimum absolute atomic E-state index is 0.293. The smallest absolute Gasteiger partial charge is 0.231 e. The van der Waals surface area contributed by atoms with E-state index in [9.17, 15) is 9.18 Å². The maximum absolute atomic E-state index is 13.1. The predicted octanol–water partition coefficient (Wildman–Crippen LogP) is 3.56. The van der Waals surface area contributed by atoms with Crippen LogP contribution < -0.4 is 10.1 Å². The number of hydrogen-bond donors (Lipinski definition) is 1. The molecule has 1 aliphatic rings. The summed E-state index contributed by atoms with van der Waals surface area (Å²) in [5.41, 5.74) is 4.89. The topological polar surface area (TPSA) is 69.0 Å². The Morgan fingerprint density at radius 1 is 1.30 bits per heavy atom. The number of hydrogen-bond acceptors (Lipinski definition) is 4. The number of fused-ring (bicyclic) bond motifs is 1. The Balaban J connectivity index is 1.79. The number of aryl methyl sites for hydroxylation is 3. The first-order chi connectivity index (χ1) is 12.9. The quantitative estimate of drug-likeness (QED) is 0.765. The van der Waals surface area contributed by atoms with E-state index < -0.39 is 12.1 Å². The molecule has 0 radical (unpaired) electrons. The van der Waals surface area contributed by atoms with Crippen LogP contribution in [0, 0.1) is 19.8 Å². The summed E-state index contributed by atoms with van der Waals surface area (Å²) in [6, 6.07) is 3.85. The third kappa shape index (κ3) is 2.93. The molecule has 4 rings (SSSR count). The van der Waals surface area contributed by atoms with Crippen LogP contribution >= 0.6 is 0 Å². The van der Waals surface area contributed by atoms with Gasteiger partial charge in [-0.25, -0.2) is 14.4 Å². The fraction of sp³-hybridized carbons (Fsp3) is 0.350. The van der Waals surface area contributed by atoms with Crippen molar-refractivity contribution in [3.05, 3.63) is 35.7 Å². The molecule has 3 aromatic rings. The second kappa shape index (κ2) is 6.33. The van der Waals surface area contributed by atoms with Gasteiger partial charge in [0.1, 0.15) is 12.0 Å². The van der Waals surface area contributed by atoms with Crippen molar-refractivity contribution in [2.45, 2.75) is 26.4 Å². The molecule has 3 heterocycles. The highest BCUT2D eigenvalue weighted by Gasteiger charge is 2.43. The number of methoxy groups -OCH3 is 1. The summed E-state index contributed by atoms with van der Waals surface area (Å²) in [7, 11) is 3.56. The van der Waals surface area contributed by atoms with Gasteiger partial charge in [0.15, 0.2) is 0 Å². The maximum Gasteiger partial charge on any atom is 0.231 e. The number of pyridine rings is 2. The van der Waals surface area contributed by atoms with Gasteiger partial charge in [-0.05, 0) is 37.5 Å². The third-order valence-corrected chi connectivity index (χ3v) is 5.08. The molecule has 1 aliphatic carbocycles. The van der Waals surface area contributed by atoms with E-state index in [-0.39, 0.29) is 5.91 Å². The van der Waals surface area contributed by atoms with Gasteiger partial charge in [0.2, 0.25) is 11.8 Å². The Labute approximate surface area is 156 Å². The molecular formula is C20H21FN4O2. The normalized spacial score (nSPS) is 18.6. The Kier molecular flexibility index (Phi) is 4.09. The van der Waals surface area contributed by atoms with Gasteiger partial charge < -0.3 is 14.6 Å². The molecule has 1 fully saturated rings. The molecule has 2 atom stereocenters. The van der Waals surface area contributed by atoms with Crippen LogP contribution in [0.15, 0.2) is 24.5 Å². The van der Waals surface area contributed by atoms with Crippen molar-refractivity contribution in [2.24, 2.45) is 13.0 Å². The summed E-state index contributed by atoms with van der Waals surface area (Å²) in [6.07, 6.45) is 2.77. The van der Waals surface area contributed by atoms with Crippen molar-refractivity contribution in [1.29, 1.82) is 0 Å². The van der Waals surface area contributed by atoms with E-state index >= 15 is 0 Å². The van der Waals surface area contributed by atoms with Crippen molar-refractivity contribution in [3.8, 4) is 17.1 Å². The molecule has 1 N–H and O–H groups in total. The molecule has 140 valence electrons. The molecule has 3 aromatic heterocycles. The molecule has 1 saturated carbocycles. The number of nitrogens with zero attached hydrogens (tertiary/aromatic N) is 3. The summed E-state index contributed by atoms with van der Waals surface area (Å²) in [5.74, 6) is 0.118. The fourth-order valence-corrected chi connectivity index (χ4v) is 3.50. The van der Waals surface area contributed by atoms with Crippen LogP contribution in [0.25, 0.3) is 22.2 Å². The molecule has 1 amide bonds.